The molecule has 1 N–H and O–H groups in total. The van der Waals surface area contributed by atoms with Crippen molar-refractivity contribution in [2.45, 2.75) is 24.8 Å². The van der Waals surface area contributed by atoms with E-state index < -0.39 is 11.0 Å². The number of hydrogen-bond donors (Lipinski definition) is 1. The number of non-ortho nitro benzene ring substituents is 1. The first kappa shape index (κ1) is 17.6. The molecular weight excluding hydrogens is 398 g/mol. The number of hydrogen-bond acceptors (Lipinski definition) is 7. The lowest BCUT2D eigenvalue weighted by atomic mass is 9.79. The van der Waals surface area contributed by atoms with Crippen LogP contribution in [0.15, 0.2) is 58.6 Å². The minimum atomic E-state index is -0.693. The number of nitro benzene ring substituents is 1. The Morgan fingerprint density at radius 3 is 2.93 bits per heavy atom. The predicted octanol–water partition coefficient (Wildman–Crippen LogP) is 3.85. The van der Waals surface area contributed by atoms with Crippen LogP contribution in [0, 0.1) is 10.1 Å². The number of rotatable bonds is 3. The van der Waals surface area contributed by atoms with Crippen LogP contribution in [0.5, 0.6) is 0 Å². The van der Waals surface area contributed by atoms with Gasteiger partial charge in [0.1, 0.15) is 18.1 Å². The van der Waals surface area contributed by atoms with E-state index in [1.165, 1.54) is 29.2 Å². The lowest BCUT2D eigenvalue weighted by Gasteiger charge is -2.34. The Hall–Kier alpha value is -3.46. The van der Waals surface area contributed by atoms with E-state index in [2.05, 4.69) is 15.4 Å². The van der Waals surface area contributed by atoms with Gasteiger partial charge in [-0.25, -0.2) is 4.68 Å². The molecule has 29 heavy (non-hydrogen) atoms. The molecule has 0 radical (unpaired) electrons. The normalized spacial score (nSPS) is 20.8. The summed E-state index contributed by atoms with van der Waals surface area (Å²) >= 11 is 6.40. The van der Waals surface area contributed by atoms with Crippen LogP contribution in [0.25, 0.3) is 0 Å². The van der Waals surface area contributed by atoms with Crippen molar-refractivity contribution in [1.29, 1.82) is 0 Å². The van der Waals surface area contributed by atoms with E-state index in [1.54, 1.807) is 12.3 Å². The number of allylic oxidation sites excluding steroid dienone is 2. The van der Waals surface area contributed by atoms with E-state index in [9.17, 15) is 14.9 Å². The van der Waals surface area contributed by atoms with Crippen molar-refractivity contribution in [3.05, 3.63) is 80.7 Å². The number of furan rings is 1. The molecular formula is C19H14ClN5O4. The maximum absolute atomic E-state index is 13.2. The molecule has 1 aromatic carbocycles. The monoisotopic (exact) mass is 411 g/mol. The lowest BCUT2D eigenvalue weighted by molar-refractivity contribution is -0.384. The number of anilines is 1. The van der Waals surface area contributed by atoms with Crippen LogP contribution >= 0.6 is 11.6 Å². The molecule has 2 atom stereocenters. The Balaban J connectivity index is 1.66. The van der Waals surface area contributed by atoms with Crippen molar-refractivity contribution in [3.8, 4) is 0 Å². The number of carbonyl (C=O) groups excluding carboxylic acids is 1. The van der Waals surface area contributed by atoms with Crippen LogP contribution in [-0.4, -0.2) is 25.5 Å². The highest BCUT2D eigenvalue weighted by molar-refractivity contribution is 6.31. The van der Waals surface area contributed by atoms with Gasteiger partial charge in [-0.3, -0.25) is 14.9 Å². The average molecular weight is 412 g/mol. The van der Waals surface area contributed by atoms with Gasteiger partial charge in [0, 0.05) is 46.3 Å². The summed E-state index contributed by atoms with van der Waals surface area (Å²) in [6, 6.07) is 7.14. The molecule has 0 bridgehead atoms. The van der Waals surface area contributed by atoms with Crippen molar-refractivity contribution in [2.24, 2.45) is 0 Å². The molecule has 3 heterocycles. The second-order valence-electron chi connectivity index (χ2n) is 6.95. The van der Waals surface area contributed by atoms with E-state index in [0.29, 0.717) is 34.2 Å². The molecule has 10 heteroatoms. The zero-order valence-electron chi connectivity index (χ0n) is 14.9. The third kappa shape index (κ3) is 2.82. The molecule has 0 spiro atoms. The quantitative estimate of drug-likeness (QED) is 0.514. The molecule has 2 aromatic heterocycles. The van der Waals surface area contributed by atoms with Gasteiger partial charge in [-0.15, -0.1) is 0 Å². The molecule has 2 aliphatic rings. The number of aromatic nitrogens is 3. The standard InChI is InChI=1S/C19H14ClN5O4/c20-13-4-3-11(25(27)28)8-12(13)18-17-14(23-19-21-9-22-24(18)19)6-10(7-15(17)26)16-2-1-5-29-16/h1-5,8-10,18H,6-7H2,(H,21,22,23)/t10-,18-/m1/s1. The van der Waals surface area contributed by atoms with Gasteiger partial charge in [0.25, 0.3) is 5.69 Å². The first-order chi connectivity index (χ1) is 14.0. The van der Waals surface area contributed by atoms with E-state index in [-0.39, 0.29) is 23.8 Å². The van der Waals surface area contributed by atoms with E-state index in [4.69, 9.17) is 16.0 Å². The largest absolute Gasteiger partial charge is 0.469 e. The van der Waals surface area contributed by atoms with Crippen molar-refractivity contribution in [1.82, 2.24) is 14.8 Å². The fourth-order valence-corrected chi connectivity index (χ4v) is 4.24. The molecule has 0 unspecified atom stereocenters. The lowest BCUT2D eigenvalue weighted by Crippen LogP contribution is -2.33. The van der Waals surface area contributed by atoms with Gasteiger partial charge in [0.2, 0.25) is 5.95 Å². The summed E-state index contributed by atoms with van der Waals surface area (Å²) in [6.45, 7) is 0. The Morgan fingerprint density at radius 1 is 1.31 bits per heavy atom. The first-order valence-electron chi connectivity index (χ1n) is 8.93. The second-order valence-corrected chi connectivity index (χ2v) is 7.36. The van der Waals surface area contributed by atoms with Crippen LogP contribution < -0.4 is 5.32 Å². The molecule has 146 valence electrons. The van der Waals surface area contributed by atoms with Crippen molar-refractivity contribution < 1.29 is 14.1 Å². The van der Waals surface area contributed by atoms with Gasteiger partial charge in [-0.05, 0) is 24.6 Å². The highest BCUT2D eigenvalue weighted by Crippen LogP contribution is 2.45. The summed E-state index contributed by atoms with van der Waals surface area (Å²) in [7, 11) is 0. The number of benzene rings is 1. The Morgan fingerprint density at radius 2 is 2.17 bits per heavy atom. The Labute approximate surface area is 169 Å². The number of nitrogens with one attached hydrogen (secondary N) is 1. The number of carbonyl (C=O) groups is 1. The predicted molar refractivity (Wildman–Crippen MR) is 103 cm³/mol. The SMILES string of the molecule is O=C1C[C@H](c2ccco2)CC2=C1[C@@H](c1cc([N+](=O)[O-])ccc1Cl)n1ncnc1N2. The smallest absolute Gasteiger partial charge is 0.269 e. The van der Waals surface area contributed by atoms with E-state index in [1.807, 2.05) is 6.07 Å². The molecule has 1 aliphatic carbocycles. The summed E-state index contributed by atoms with van der Waals surface area (Å²) < 4.78 is 7.03. The van der Waals surface area contributed by atoms with Gasteiger partial charge >= 0.3 is 0 Å². The third-order valence-electron chi connectivity index (χ3n) is 5.29. The molecule has 0 saturated heterocycles. The van der Waals surface area contributed by atoms with Crippen LogP contribution in [-0.2, 0) is 4.79 Å². The topological polar surface area (TPSA) is 116 Å². The van der Waals surface area contributed by atoms with Crippen LogP contribution in [0.1, 0.15) is 36.1 Å². The number of nitrogens with zero attached hydrogens (tertiary/aromatic N) is 4. The van der Waals surface area contributed by atoms with Crippen LogP contribution in [0.2, 0.25) is 5.02 Å². The summed E-state index contributed by atoms with van der Waals surface area (Å²) in [6.07, 6.45) is 3.76. The Bertz CT molecular complexity index is 1170. The molecule has 0 amide bonds. The van der Waals surface area contributed by atoms with E-state index >= 15 is 0 Å². The van der Waals surface area contributed by atoms with Gasteiger partial charge in [-0.2, -0.15) is 10.1 Å². The third-order valence-corrected chi connectivity index (χ3v) is 5.64. The summed E-state index contributed by atoms with van der Waals surface area (Å²) in [5.74, 6) is 1.00. The van der Waals surface area contributed by atoms with E-state index in [0.717, 1.165) is 5.76 Å². The number of Topliss-reactive ketones (excluding diaryl/α,β-unsaturated/α-hetero) is 1. The number of nitro groups is 1. The highest BCUT2D eigenvalue weighted by atomic mass is 35.5. The average Bonchev–Trinajstić information content (AvgIpc) is 3.38. The van der Waals surface area contributed by atoms with Crippen molar-refractivity contribution in [2.75, 3.05) is 5.32 Å². The zero-order chi connectivity index (χ0) is 20.1. The maximum atomic E-state index is 13.2. The van der Waals surface area contributed by atoms with Crippen molar-refractivity contribution >= 4 is 29.0 Å². The maximum Gasteiger partial charge on any atom is 0.269 e. The summed E-state index contributed by atoms with van der Waals surface area (Å²) in [5, 5.41) is 19.0. The first-order valence-corrected chi connectivity index (χ1v) is 9.30. The molecule has 5 rings (SSSR count). The summed E-state index contributed by atoms with van der Waals surface area (Å²) in [4.78, 5) is 28.2. The fraction of sp³-hybridized carbons (Fsp3) is 0.211. The van der Waals surface area contributed by atoms with Crippen molar-refractivity contribution in [3.63, 3.8) is 0 Å². The molecule has 3 aromatic rings. The minimum Gasteiger partial charge on any atom is -0.469 e. The number of ketones is 1. The van der Waals surface area contributed by atoms with Gasteiger partial charge < -0.3 is 9.73 Å². The minimum absolute atomic E-state index is 0.0890. The molecule has 9 nitrogen and oxygen atoms in total. The van der Waals surface area contributed by atoms with Crippen LogP contribution in [0.4, 0.5) is 11.6 Å². The molecule has 0 saturated carbocycles. The van der Waals surface area contributed by atoms with Crippen LogP contribution in [0.3, 0.4) is 0 Å². The van der Waals surface area contributed by atoms with Gasteiger partial charge in [0.05, 0.1) is 11.2 Å². The van der Waals surface area contributed by atoms with Gasteiger partial charge in [0.15, 0.2) is 5.78 Å². The Kier molecular flexibility index (Phi) is 3.99. The fourth-order valence-electron chi connectivity index (χ4n) is 4.02. The van der Waals surface area contributed by atoms with Gasteiger partial charge in [-0.1, -0.05) is 11.6 Å². The highest BCUT2D eigenvalue weighted by Gasteiger charge is 2.40. The molecule has 0 fully saturated rings. The number of halogens is 1. The molecule has 1 aliphatic heterocycles. The number of fused-ring (bicyclic) bond motifs is 1. The zero-order valence-corrected chi connectivity index (χ0v) is 15.7. The second kappa shape index (κ2) is 6.56. The summed E-state index contributed by atoms with van der Waals surface area (Å²) in [5.41, 5.74) is 1.53.